The summed E-state index contributed by atoms with van der Waals surface area (Å²) in [6, 6.07) is 4.79. The van der Waals surface area contributed by atoms with Gasteiger partial charge in [-0.25, -0.2) is 12.8 Å². The van der Waals surface area contributed by atoms with Gasteiger partial charge >= 0.3 is 0 Å². The first-order valence-corrected chi connectivity index (χ1v) is 9.78. The van der Waals surface area contributed by atoms with E-state index < -0.39 is 15.8 Å². The maximum Gasteiger partial charge on any atom is 0.243 e. The van der Waals surface area contributed by atoms with Crippen LogP contribution in [0.1, 0.15) is 33.1 Å². The molecule has 1 aliphatic rings. The van der Waals surface area contributed by atoms with Crippen LogP contribution >= 0.6 is 0 Å². The summed E-state index contributed by atoms with van der Waals surface area (Å²) in [5.74, 6) is -0.391. The van der Waals surface area contributed by atoms with E-state index in [1.165, 1.54) is 16.4 Å². The van der Waals surface area contributed by atoms with Crippen LogP contribution in [0, 0.1) is 17.7 Å². The number of carbonyl (C=O) groups excluding carboxylic acids is 1. The molecule has 134 valence electrons. The van der Waals surface area contributed by atoms with Gasteiger partial charge < -0.3 is 5.32 Å². The summed E-state index contributed by atoms with van der Waals surface area (Å²) in [6.45, 7) is 5.34. The average molecular weight is 356 g/mol. The Kier molecular flexibility index (Phi) is 6.34. The van der Waals surface area contributed by atoms with Crippen molar-refractivity contribution < 1.29 is 17.6 Å². The number of hydrogen-bond donors (Lipinski definition) is 1. The molecule has 1 N–H and O–H groups in total. The number of carbonyl (C=O) groups is 1. The zero-order valence-corrected chi connectivity index (χ0v) is 15.0. The van der Waals surface area contributed by atoms with Crippen LogP contribution in [0.3, 0.4) is 0 Å². The maximum absolute atomic E-state index is 13.0. The molecular formula is C17H25FN2O3S. The summed E-state index contributed by atoms with van der Waals surface area (Å²) >= 11 is 0. The van der Waals surface area contributed by atoms with Crippen molar-refractivity contribution in [1.82, 2.24) is 9.62 Å². The van der Waals surface area contributed by atoms with Gasteiger partial charge in [-0.3, -0.25) is 4.79 Å². The first-order chi connectivity index (χ1) is 11.3. The molecule has 0 bridgehead atoms. The van der Waals surface area contributed by atoms with Gasteiger partial charge in [-0.05, 0) is 49.4 Å². The van der Waals surface area contributed by atoms with Crippen LogP contribution in [0.5, 0.6) is 0 Å². The molecule has 1 aromatic rings. The average Bonchev–Trinajstić information content (AvgIpc) is 2.55. The highest BCUT2D eigenvalue weighted by molar-refractivity contribution is 7.89. The van der Waals surface area contributed by atoms with Gasteiger partial charge in [-0.15, -0.1) is 0 Å². The number of sulfonamides is 1. The lowest BCUT2D eigenvalue weighted by Crippen LogP contribution is -2.45. The van der Waals surface area contributed by atoms with Crippen molar-refractivity contribution in [3.05, 3.63) is 30.1 Å². The van der Waals surface area contributed by atoms with Crippen molar-refractivity contribution in [2.75, 3.05) is 19.6 Å². The summed E-state index contributed by atoms with van der Waals surface area (Å²) in [7, 11) is -3.69. The Hall–Kier alpha value is -1.47. The smallest absolute Gasteiger partial charge is 0.243 e. The van der Waals surface area contributed by atoms with Crippen LogP contribution in [0.4, 0.5) is 4.39 Å². The van der Waals surface area contributed by atoms with E-state index in [0.29, 0.717) is 31.8 Å². The van der Waals surface area contributed by atoms with Crippen molar-refractivity contribution in [2.24, 2.45) is 11.8 Å². The van der Waals surface area contributed by atoms with Crippen molar-refractivity contribution in [3.8, 4) is 0 Å². The molecule has 2 rings (SSSR count). The number of piperidine rings is 1. The fourth-order valence-electron chi connectivity index (χ4n) is 2.76. The highest BCUT2D eigenvalue weighted by atomic mass is 32.2. The van der Waals surface area contributed by atoms with Crippen molar-refractivity contribution in [3.63, 3.8) is 0 Å². The Morgan fingerprint density at radius 3 is 2.62 bits per heavy atom. The first kappa shape index (κ1) is 18.9. The molecule has 0 saturated carbocycles. The number of nitrogens with one attached hydrogen (secondary N) is 1. The zero-order chi connectivity index (χ0) is 17.7. The molecule has 1 fully saturated rings. The van der Waals surface area contributed by atoms with Crippen LogP contribution in [-0.4, -0.2) is 38.3 Å². The molecular weight excluding hydrogens is 331 g/mol. The molecule has 0 aromatic heterocycles. The quantitative estimate of drug-likeness (QED) is 0.851. The first-order valence-electron chi connectivity index (χ1n) is 8.34. The van der Waals surface area contributed by atoms with Crippen molar-refractivity contribution in [2.45, 2.75) is 38.0 Å². The predicted octanol–water partition coefficient (Wildman–Crippen LogP) is 2.39. The number of halogens is 1. The van der Waals surface area contributed by atoms with E-state index in [1.807, 2.05) is 0 Å². The monoisotopic (exact) mass is 356 g/mol. The maximum atomic E-state index is 13.0. The van der Waals surface area contributed by atoms with E-state index in [-0.39, 0.29) is 23.3 Å². The van der Waals surface area contributed by atoms with Gasteiger partial charge in [-0.2, -0.15) is 4.31 Å². The minimum absolute atomic E-state index is 0.0600. The molecule has 1 heterocycles. The summed E-state index contributed by atoms with van der Waals surface area (Å²) in [4.78, 5) is 12.3. The van der Waals surface area contributed by atoms with Crippen molar-refractivity contribution in [1.29, 1.82) is 0 Å². The summed E-state index contributed by atoms with van der Waals surface area (Å²) in [5.41, 5.74) is 0. The van der Waals surface area contributed by atoms with Gasteiger partial charge in [0.05, 0.1) is 10.8 Å². The normalized spacial score (nSPS) is 19.4. The molecule has 1 aliphatic heterocycles. The number of nitrogens with zero attached hydrogens (tertiary/aromatic N) is 1. The Bertz CT molecular complexity index is 659. The Labute approximate surface area is 143 Å². The molecule has 0 aliphatic carbocycles. The fraction of sp³-hybridized carbons (Fsp3) is 0.588. The van der Waals surface area contributed by atoms with Gasteiger partial charge in [0.2, 0.25) is 15.9 Å². The lowest BCUT2D eigenvalue weighted by atomic mass is 9.98. The number of benzene rings is 1. The molecule has 5 nitrogen and oxygen atoms in total. The topological polar surface area (TPSA) is 66.5 Å². The number of hydrogen-bond acceptors (Lipinski definition) is 3. The van der Waals surface area contributed by atoms with Crippen molar-refractivity contribution >= 4 is 15.9 Å². The number of amides is 1. The lowest BCUT2D eigenvalue weighted by molar-refractivity contribution is -0.126. The lowest BCUT2D eigenvalue weighted by Gasteiger charge is -2.31. The van der Waals surface area contributed by atoms with Crippen LogP contribution in [0.25, 0.3) is 0 Å². The van der Waals surface area contributed by atoms with Gasteiger partial charge in [-0.1, -0.05) is 13.8 Å². The van der Waals surface area contributed by atoms with Gasteiger partial charge in [0.25, 0.3) is 0 Å². The largest absolute Gasteiger partial charge is 0.356 e. The van der Waals surface area contributed by atoms with Crippen LogP contribution in [-0.2, 0) is 14.8 Å². The molecule has 1 aromatic carbocycles. The number of rotatable bonds is 6. The summed E-state index contributed by atoms with van der Waals surface area (Å²) in [5, 5.41) is 2.89. The Morgan fingerprint density at radius 2 is 2.00 bits per heavy atom. The second-order valence-corrected chi connectivity index (χ2v) is 8.57. The molecule has 0 radical (unpaired) electrons. The van der Waals surface area contributed by atoms with E-state index in [4.69, 9.17) is 0 Å². The predicted molar refractivity (Wildman–Crippen MR) is 90.3 cm³/mol. The van der Waals surface area contributed by atoms with Crippen LogP contribution < -0.4 is 5.32 Å². The molecule has 7 heteroatoms. The highest BCUT2D eigenvalue weighted by Gasteiger charge is 2.33. The van der Waals surface area contributed by atoms with Gasteiger partial charge in [0, 0.05) is 19.6 Å². The summed E-state index contributed by atoms with van der Waals surface area (Å²) < 4.78 is 39.6. The van der Waals surface area contributed by atoms with E-state index in [9.17, 15) is 17.6 Å². The second-order valence-electron chi connectivity index (χ2n) is 6.63. The standard InChI is InChI=1S/C17H25FN2O3S/c1-13(2)9-10-19-17(21)14-4-3-11-20(12-14)24(22,23)16-7-5-15(18)6-8-16/h5-8,13-14H,3-4,9-12H2,1-2H3,(H,19,21)/t14-/m0/s1. The van der Waals surface area contributed by atoms with Gasteiger partial charge in [0.1, 0.15) is 5.82 Å². The third-order valence-electron chi connectivity index (χ3n) is 4.23. The van der Waals surface area contributed by atoms with E-state index in [0.717, 1.165) is 18.6 Å². The zero-order valence-electron chi connectivity index (χ0n) is 14.2. The Morgan fingerprint density at radius 1 is 1.33 bits per heavy atom. The van der Waals surface area contributed by atoms with E-state index in [2.05, 4.69) is 19.2 Å². The minimum atomic E-state index is -3.69. The molecule has 0 unspecified atom stereocenters. The fourth-order valence-corrected chi connectivity index (χ4v) is 4.28. The van der Waals surface area contributed by atoms with E-state index in [1.54, 1.807) is 0 Å². The molecule has 1 atom stereocenters. The highest BCUT2D eigenvalue weighted by Crippen LogP contribution is 2.24. The van der Waals surface area contributed by atoms with E-state index >= 15 is 0 Å². The minimum Gasteiger partial charge on any atom is -0.356 e. The molecule has 24 heavy (non-hydrogen) atoms. The third kappa shape index (κ3) is 4.77. The summed E-state index contributed by atoms with van der Waals surface area (Å²) in [6.07, 6.45) is 2.22. The molecule has 1 saturated heterocycles. The second kappa shape index (κ2) is 8.07. The third-order valence-corrected chi connectivity index (χ3v) is 6.11. The Balaban J connectivity index is 2.01. The molecule has 0 spiro atoms. The van der Waals surface area contributed by atoms with Crippen LogP contribution in [0.15, 0.2) is 29.2 Å². The van der Waals surface area contributed by atoms with Gasteiger partial charge in [0.15, 0.2) is 0 Å². The SMILES string of the molecule is CC(C)CCNC(=O)[C@H]1CCCN(S(=O)(=O)c2ccc(F)cc2)C1. The van der Waals surface area contributed by atoms with Crippen LogP contribution in [0.2, 0.25) is 0 Å². The molecule has 1 amide bonds.